The molecule has 1 aromatic carbocycles. The van der Waals surface area contributed by atoms with E-state index < -0.39 is 5.97 Å². The molecule has 18 heavy (non-hydrogen) atoms. The molecule has 0 radical (unpaired) electrons. The summed E-state index contributed by atoms with van der Waals surface area (Å²) in [7, 11) is 2.82. The van der Waals surface area contributed by atoms with Gasteiger partial charge in [-0.1, -0.05) is 0 Å². The van der Waals surface area contributed by atoms with Gasteiger partial charge in [0.05, 0.1) is 32.5 Å². The summed E-state index contributed by atoms with van der Waals surface area (Å²) in [4.78, 5) is 11.3. The molecule has 0 saturated carbocycles. The molecule has 0 aromatic heterocycles. The number of hydrogen-bond acceptors (Lipinski definition) is 5. The number of ether oxygens (including phenoxy) is 3. The zero-order valence-corrected chi connectivity index (χ0v) is 10.4. The first-order valence-corrected chi connectivity index (χ1v) is 5.49. The maximum absolute atomic E-state index is 11.3. The first-order valence-electron chi connectivity index (χ1n) is 5.49. The fraction of sp³-hybridized carbons (Fsp3) is 0.385. The van der Waals surface area contributed by atoms with E-state index in [0.29, 0.717) is 36.5 Å². The Morgan fingerprint density at radius 1 is 1.33 bits per heavy atom. The summed E-state index contributed by atoms with van der Waals surface area (Å²) in [6.45, 7) is 0.432. The summed E-state index contributed by atoms with van der Waals surface area (Å²) >= 11 is 0. The van der Waals surface area contributed by atoms with Crippen molar-refractivity contribution in [3.8, 4) is 17.6 Å². The van der Waals surface area contributed by atoms with Gasteiger partial charge >= 0.3 is 5.97 Å². The first-order chi connectivity index (χ1) is 8.72. The topological polar surface area (TPSA) is 68.5 Å². The minimum absolute atomic E-state index is 0.402. The number of carbonyl (C=O) groups excluding carboxylic acids is 1. The molecule has 0 heterocycles. The molecule has 0 aliphatic heterocycles. The van der Waals surface area contributed by atoms with E-state index in [2.05, 4.69) is 4.74 Å². The maximum atomic E-state index is 11.3. The molecular formula is C13H15NO4. The van der Waals surface area contributed by atoms with Crippen LogP contribution in [0.1, 0.15) is 23.2 Å². The highest BCUT2D eigenvalue weighted by Gasteiger charge is 2.11. The molecule has 0 fully saturated rings. The third-order valence-corrected chi connectivity index (χ3v) is 2.28. The summed E-state index contributed by atoms with van der Waals surface area (Å²) < 4.78 is 15.2. The molecule has 0 saturated heterocycles. The summed E-state index contributed by atoms with van der Waals surface area (Å²) in [5, 5.41) is 8.41. The Hall–Kier alpha value is -2.22. The molecule has 0 aliphatic carbocycles. The van der Waals surface area contributed by atoms with Gasteiger partial charge in [0.15, 0.2) is 11.5 Å². The van der Waals surface area contributed by atoms with Gasteiger partial charge in [-0.05, 0) is 24.6 Å². The molecule has 0 spiro atoms. The smallest absolute Gasteiger partial charge is 0.337 e. The van der Waals surface area contributed by atoms with Crippen LogP contribution in [0.4, 0.5) is 0 Å². The molecule has 5 heteroatoms. The first kappa shape index (κ1) is 13.8. The number of methoxy groups -OCH3 is 2. The maximum Gasteiger partial charge on any atom is 0.337 e. The predicted octanol–water partition coefficient (Wildman–Crippen LogP) is 2.16. The predicted molar refractivity (Wildman–Crippen MR) is 64.7 cm³/mol. The van der Waals surface area contributed by atoms with Crippen LogP contribution in [0.2, 0.25) is 0 Å². The Bertz CT molecular complexity index is 451. The Kier molecular flexibility index (Phi) is 5.52. The number of nitriles is 1. The second kappa shape index (κ2) is 7.17. The Labute approximate surface area is 106 Å². The molecule has 0 aliphatic rings. The van der Waals surface area contributed by atoms with Crippen molar-refractivity contribution in [2.75, 3.05) is 20.8 Å². The lowest BCUT2D eigenvalue weighted by atomic mass is 10.2. The SMILES string of the molecule is COC(=O)c1ccc(OCCCC#N)c(OC)c1. The average Bonchev–Trinajstić information content (AvgIpc) is 2.42. The minimum Gasteiger partial charge on any atom is -0.493 e. The van der Waals surface area contributed by atoms with E-state index in [9.17, 15) is 4.79 Å². The molecule has 0 atom stereocenters. The molecule has 96 valence electrons. The number of esters is 1. The van der Waals surface area contributed by atoms with Gasteiger partial charge in [0.1, 0.15) is 0 Å². The van der Waals surface area contributed by atoms with E-state index in [0.717, 1.165) is 0 Å². The van der Waals surface area contributed by atoms with Crippen molar-refractivity contribution in [2.24, 2.45) is 0 Å². The highest BCUT2D eigenvalue weighted by Crippen LogP contribution is 2.28. The van der Waals surface area contributed by atoms with E-state index in [1.54, 1.807) is 18.2 Å². The van der Waals surface area contributed by atoms with E-state index in [1.807, 2.05) is 6.07 Å². The van der Waals surface area contributed by atoms with Crippen molar-refractivity contribution in [3.63, 3.8) is 0 Å². The van der Waals surface area contributed by atoms with Crippen molar-refractivity contribution in [1.82, 2.24) is 0 Å². The van der Waals surface area contributed by atoms with Crippen molar-refractivity contribution in [1.29, 1.82) is 5.26 Å². The van der Waals surface area contributed by atoms with Crippen LogP contribution in [0.25, 0.3) is 0 Å². The number of nitrogens with zero attached hydrogens (tertiary/aromatic N) is 1. The fourth-order valence-corrected chi connectivity index (χ4v) is 1.37. The molecular weight excluding hydrogens is 234 g/mol. The summed E-state index contributed by atoms with van der Waals surface area (Å²) in [5.74, 6) is 0.585. The van der Waals surface area contributed by atoms with Gasteiger partial charge in [0, 0.05) is 6.42 Å². The Morgan fingerprint density at radius 2 is 2.11 bits per heavy atom. The van der Waals surface area contributed by atoms with Crippen LogP contribution in [0.3, 0.4) is 0 Å². The van der Waals surface area contributed by atoms with Gasteiger partial charge in [-0.2, -0.15) is 5.26 Å². The summed E-state index contributed by atoms with van der Waals surface area (Å²) in [5.41, 5.74) is 0.402. The van der Waals surface area contributed by atoms with Crippen LogP contribution >= 0.6 is 0 Å². The second-order valence-corrected chi connectivity index (χ2v) is 3.47. The highest BCUT2D eigenvalue weighted by atomic mass is 16.5. The van der Waals surface area contributed by atoms with Crippen LogP contribution < -0.4 is 9.47 Å². The number of benzene rings is 1. The van der Waals surface area contributed by atoms with E-state index in [4.69, 9.17) is 14.7 Å². The third kappa shape index (κ3) is 3.67. The summed E-state index contributed by atoms with van der Waals surface area (Å²) in [6, 6.07) is 6.86. The Balaban J connectivity index is 2.74. The van der Waals surface area contributed by atoms with Gasteiger partial charge in [0.2, 0.25) is 0 Å². The number of hydrogen-bond donors (Lipinski definition) is 0. The largest absolute Gasteiger partial charge is 0.493 e. The number of carbonyl (C=O) groups is 1. The lowest BCUT2D eigenvalue weighted by molar-refractivity contribution is 0.0600. The van der Waals surface area contributed by atoms with E-state index in [-0.39, 0.29) is 0 Å². The zero-order valence-electron chi connectivity index (χ0n) is 10.4. The standard InChI is InChI=1S/C13H15NO4/c1-16-12-9-10(13(15)17-2)5-6-11(12)18-8-4-3-7-14/h5-6,9H,3-4,8H2,1-2H3. The van der Waals surface area contributed by atoms with Gasteiger partial charge in [-0.15, -0.1) is 0 Å². The molecule has 0 bridgehead atoms. The molecule has 5 nitrogen and oxygen atoms in total. The second-order valence-electron chi connectivity index (χ2n) is 3.47. The highest BCUT2D eigenvalue weighted by molar-refractivity contribution is 5.90. The van der Waals surface area contributed by atoms with Crippen LogP contribution in [0, 0.1) is 11.3 Å². The van der Waals surface area contributed by atoms with Gasteiger partial charge in [-0.3, -0.25) is 0 Å². The van der Waals surface area contributed by atoms with Crippen molar-refractivity contribution >= 4 is 5.97 Å². The number of unbranched alkanes of at least 4 members (excludes halogenated alkanes) is 1. The molecule has 1 rings (SSSR count). The average molecular weight is 249 g/mol. The van der Waals surface area contributed by atoms with E-state index in [1.165, 1.54) is 14.2 Å². The molecule has 0 amide bonds. The van der Waals surface area contributed by atoms with Gasteiger partial charge < -0.3 is 14.2 Å². The molecule has 0 N–H and O–H groups in total. The quantitative estimate of drug-likeness (QED) is 0.571. The Morgan fingerprint density at radius 3 is 2.72 bits per heavy atom. The van der Waals surface area contributed by atoms with Gasteiger partial charge in [0.25, 0.3) is 0 Å². The van der Waals surface area contributed by atoms with E-state index >= 15 is 0 Å². The van der Waals surface area contributed by atoms with Crippen molar-refractivity contribution in [3.05, 3.63) is 23.8 Å². The van der Waals surface area contributed by atoms with Gasteiger partial charge in [-0.25, -0.2) is 4.79 Å². The molecule has 1 aromatic rings. The number of rotatable bonds is 6. The van der Waals surface area contributed by atoms with Crippen LogP contribution in [-0.4, -0.2) is 26.8 Å². The fourth-order valence-electron chi connectivity index (χ4n) is 1.37. The van der Waals surface area contributed by atoms with Crippen molar-refractivity contribution < 1.29 is 19.0 Å². The van der Waals surface area contributed by atoms with Crippen LogP contribution in [-0.2, 0) is 4.74 Å². The third-order valence-electron chi connectivity index (χ3n) is 2.28. The monoisotopic (exact) mass is 249 g/mol. The van der Waals surface area contributed by atoms with Crippen molar-refractivity contribution in [2.45, 2.75) is 12.8 Å². The zero-order chi connectivity index (χ0) is 13.4. The minimum atomic E-state index is -0.427. The lowest BCUT2D eigenvalue weighted by Gasteiger charge is -2.11. The lowest BCUT2D eigenvalue weighted by Crippen LogP contribution is -2.03. The molecule has 0 unspecified atom stereocenters. The van der Waals surface area contributed by atoms with Crippen LogP contribution in [0.5, 0.6) is 11.5 Å². The van der Waals surface area contributed by atoms with Crippen LogP contribution in [0.15, 0.2) is 18.2 Å². The normalized spacial score (nSPS) is 9.39. The summed E-state index contributed by atoms with van der Waals surface area (Å²) in [6.07, 6.45) is 1.10.